The van der Waals surface area contributed by atoms with Crippen LogP contribution >= 0.6 is 11.6 Å². The molecule has 1 aromatic carbocycles. The molecule has 0 fully saturated rings. The predicted molar refractivity (Wildman–Crippen MR) is 68.6 cm³/mol. The number of hydrogen-bond donors (Lipinski definition) is 1. The summed E-state index contributed by atoms with van der Waals surface area (Å²) in [6.07, 6.45) is 2.46. The minimum Gasteiger partial charge on any atom is -0.383 e. The Morgan fingerprint density at radius 1 is 1.20 bits per heavy atom. The van der Waals surface area contributed by atoms with Gasteiger partial charge in [0.2, 0.25) is 0 Å². The minimum atomic E-state index is 0.505. The highest BCUT2D eigenvalue weighted by molar-refractivity contribution is 6.30. The zero-order chi connectivity index (χ0) is 11.3. The zero-order valence-electron chi connectivity index (χ0n) is 9.76. The van der Waals surface area contributed by atoms with E-state index in [0.717, 1.165) is 16.6 Å². The molecule has 1 unspecified atom stereocenters. The van der Waals surface area contributed by atoms with Gasteiger partial charge in [-0.3, -0.25) is 0 Å². The van der Waals surface area contributed by atoms with E-state index in [0.29, 0.717) is 6.04 Å². The quantitative estimate of drug-likeness (QED) is 0.774. The van der Waals surface area contributed by atoms with E-state index in [1.807, 2.05) is 18.2 Å². The van der Waals surface area contributed by atoms with Gasteiger partial charge in [-0.2, -0.15) is 0 Å². The van der Waals surface area contributed by atoms with E-state index in [-0.39, 0.29) is 0 Å². The van der Waals surface area contributed by atoms with Crippen LogP contribution in [0.2, 0.25) is 5.02 Å². The summed E-state index contributed by atoms with van der Waals surface area (Å²) in [7, 11) is 0. The molecule has 1 nitrogen and oxygen atoms in total. The molecule has 0 aliphatic rings. The van der Waals surface area contributed by atoms with Crippen molar-refractivity contribution in [3.63, 3.8) is 0 Å². The van der Waals surface area contributed by atoms with Gasteiger partial charge < -0.3 is 5.32 Å². The van der Waals surface area contributed by atoms with Crippen molar-refractivity contribution in [1.29, 1.82) is 0 Å². The van der Waals surface area contributed by atoms with E-state index < -0.39 is 0 Å². The number of halogens is 1. The van der Waals surface area contributed by atoms with E-state index in [1.165, 1.54) is 12.8 Å². The fourth-order valence-electron chi connectivity index (χ4n) is 1.52. The van der Waals surface area contributed by atoms with Gasteiger partial charge >= 0.3 is 0 Å². The molecule has 0 spiro atoms. The lowest BCUT2D eigenvalue weighted by molar-refractivity contribution is 0.528. The van der Waals surface area contributed by atoms with Crippen LogP contribution in [0.25, 0.3) is 0 Å². The first-order chi connectivity index (χ1) is 7.08. The summed E-state index contributed by atoms with van der Waals surface area (Å²) >= 11 is 5.92. The van der Waals surface area contributed by atoms with Crippen LogP contribution in [0.3, 0.4) is 0 Å². The topological polar surface area (TPSA) is 12.0 Å². The Hall–Kier alpha value is -0.690. The Labute approximate surface area is 97.8 Å². The third kappa shape index (κ3) is 5.08. The summed E-state index contributed by atoms with van der Waals surface area (Å²) in [4.78, 5) is 0. The van der Waals surface area contributed by atoms with Crippen LogP contribution in [0, 0.1) is 5.92 Å². The molecule has 84 valence electrons. The molecule has 0 radical (unpaired) electrons. The van der Waals surface area contributed by atoms with Gasteiger partial charge in [-0.05, 0) is 43.9 Å². The molecular weight excluding hydrogens is 206 g/mol. The van der Waals surface area contributed by atoms with Crippen molar-refractivity contribution in [2.75, 3.05) is 5.32 Å². The van der Waals surface area contributed by atoms with Gasteiger partial charge in [-0.25, -0.2) is 0 Å². The molecule has 0 heterocycles. The van der Waals surface area contributed by atoms with Crippen molar-refractivity contribution in [2.45, 2.75) is 39.7 Å². The maximum absolute atomic E-state index is 5.92. The summed E-state index contributed by atoms with van der Waals surface area (Å²) in [5, 5.41) is 4.24. The van der Waals surface area contributed by atoms with Crippen molar-refractivity contribution >= 4 is 17.3 Å². The Morgan fingerprint density at radius 2 is 1.93 bits per heavy atom. The number of hydrogen-bond acceptors (Lipinski definition) is 1. The molecule has 0 aliphatic carbocycles. The van der Waals surface area contributed by atoms with Crippen LogP contribution in [0.1, 0.15) is 33.6 Å². The summed E-state index contributed by atoms with van der Waals surface area (Å²) in [5.41, 5.74) is 1.11. The standard InChI is InChI=1S/C13H20ClN/c1-10(2)7-8-11(3)15-13-6-4-5-12(14)9-13/h4-6,9-11,15H,7-8H2,1-3H3. The summed E-state index contributed by atoms with van der Waals surface area (Å²) in [5.74, 6) is 0.772. The Bertz CT molecular complexity index is 296. The van der Waals surface area contributed by atoms with Crippen LogP contribution in [0.15, 0.2) is 24.3 Å². The summed E-state index contributed by atoms with van der Waals surface area (Å²) in [6.45, 7) is 6.72. The van der Waals surface area contributed by atoms with E-state index in [9.17, 15) is 0 Å². The zero-order valence-corrected chi connectivity index (χ0v) is 10.5. The van der Waals surface area contributed by atoms with Gasteiger partial charge in [-0.15, -0.1) is 0 Å². The van der Waals surface area contributed by atoms with Gasteiger partial charge in [0.25, 0.3) is 0 Å². The molecule has 1 aromatic rings. The number of anilines is 1. The first-order valence-corrected chi connectivity index (χ1v) is 5.98. The largest absolute Gasteiger partial charge is 0.383 e. The average molecular weight is 226 g/mol. The minimum absolute atomic E-state index is 0.505. The van der Waals surface area contributed by atoms with Crippen molar-refractivity contribution in [1.82, 2.24) is 0 Å². The average Bonchev–Trinajstić information content (AvgIpc) is 2.15. The smallest absolute Gasteiger partial charge is 0.0426 e. The second kappa shape index (κ2) is 6.02. The molecule has 0 saturated heterocycles. The maximum atomic E-state index is 5.92. The molecule has 0 aromatic heterocycles. The number of nitrogens with one attached hydrogen (secondary N) is 1. The number of rotatable bonds is 5. The Morgan fingerprint density at radius 3 is 2.53 bits per heavy atom. The monoisotopic (exact) mass is 225 g/mol. The molecule has 2 heteroatoms. The molecule has 1 rings (SSSR count). The van der Waals surface area contributed by atoms with Gasteiger partial charge in [-0.1, -0.05) is 31.5 Å². The molecule has 15 heavy (non-hydrogen) atoms. The lowest BCUT2D eigenvalue weighted by Crippen LogP contribution is -2.15. The van der Waals surface area contributed by atoms with Crippen molar-refractivity contribution in [3.8, 4) is 0 Å². The van der Waals surface area contributed by atoms with E-state index in [1.54, 1.807) is 0 Å². The second-order valence-corrected chi connectivity index (χ2v) is 4.96. The van der Waals surface area contributed by atoms with E-state index in [2.05, 4.69) is 32.2 Å². The molecule has 1 atom stereocenters. The van der Waals surface area contributed by atoms with E-state index >= 15 is 0 Å². The van der Waals surface area contributed by atoms with Gasteiger partial charge in [0.15, 0.2) is 0 Å². The highest BCUT2D eigenvalue weighted by atomic mass is 35.5. The first-order valence-electron chi connectivity index (χ1n) is 5.60. The van der Waals surface area contributed by atoms with Crippen LogP contribution in [0.5, 0.6) is 0 Å². The summed E-state index contributed by atoms with van der Waals surface area (Å²) < 4.78 is 0. The Kier molecular flexibility index (Phi) is 4.97. The normalized spacial score (nSPS) is 12.9. The molecule has 0 saturated carbocycles. The van der Waals surface area contributed by atoms with Crippen LogP contribution < -0.4 is 5.32 Å². The fourth-order valence-corrected chi connectivity index (χ4v) is 1.71. The van der Waals surface area contributed by atoms with Crippen LogP contribution in [-0.2, 0) is 0 Å². The number of benzene rings is 1. The molecule has 0 bridgehead atoms. The lowest BCUT2D eigenvalue weighted by atomic mass is 10.0. The van der Waals surface area contributed by atoms with Crippen molar-refractivity contribution in [3.05, 3.63) is 29.3 Å². The van der Waals surface area contributed by atoms with Crippen molar-refractivity contribution < 1.29 is 0 Å². The SMILES string of the molecule is CC(C)CCC(C)Nc1cccc(Cl)c1. The molecule has 1 N–H and O–H groups in total. The highest BCUT2D eigenvalue weighted by Gasteiger charge is 2.03. The second-order valence-electron chi connectivity index (χ2n) is 4.53. The van der Waals surface area contributed by atoms with Crippen molar-refractivity contribution in [2.24, 2.45) is 5.92 Å². The third-order valence-corrected chi connectivity index (χ3v) is 2.65. The van der Waals surface area contributed by atoms with Crippen LogP contribution in [-0.4, -0.2) is 6.04 Å². The predicted octanol–water partition coefficient (Wildman–Crippen LogP) is 4.58. The maximum Gasteiger partial charge on any atom is 0.0426 e. The molecular formula is C13H20ClN. The highest BCUT2D eigenvalue weighted by Crippen LogP contribution is 2.17. The molecule has 0 amide bonds. The Balaban J connectivity index is 2.40. The van der Waals surface area contributed by atoms with Gasteiger partial charge in [0.05, 0.1) is 0 Å². The van der Waals surface area contributed by atoms with E-state index in [4.69, 9.17) is 11.6 Å². The first kappa shape index (κ1) is 12.4. The van der Waals surface area contributed by atoms with Gasteiger partial charge in [0.1, 0.15) is 0 Å². The lowest BCUT2D eigenvalue weighted by Gasteiger charge is -2.16. The fraction of sp³-hybridized carbons (Fsp3) is 0.538. The van der Waals surface area contributed by atoms with Gasteiger partial charge in [0, 0.05) is 16.8 Å². The van der Waals surface area contributed by atoms with Crippen LogP contribution in [0.4, 0.5) is 5.69 Å². The summed E-state index contributed by atoms with van der Waals surface area (Å²) in [6, 6.07) is 8.39. The third-order valence-electron chi connectivity index (χ3n) is 2.41. The molecule has 0 aliphatic heterocycles.